The number of halogens is 8. The summed E-state index contributed by atoms with van der Waals surface area (Å²) in [5.74, 6) is 0. The number of nitrogen functional groups attached to an aromatic ring is 1. The van der Waals surface area contributed by atoms with Gasteiger partial charge in [-0.25, -0.2) is 8.42 Å². The van der Waals surface area contributed by atoms with Crippen molar-refractivity contribution in [1.29, 1.82) is 21.0 Å². The molecule has 0 saturated heterocycles. The topological polar surface area (TPSA) is 242 Å². The number of nitro groups is 2. The monoisotopic (exact) mass is 1180 g/mol. The SMILES string of the molecule is N#Cc1ccc(Cl)c([N+](=O)[O-])c1.N#Cc1ccc(Sc2cc(Cl)cc(Cl)c2)c(N)c1.N#Cc1ccc(Sc2cc(Cl)cc(Cl)c2)c(S(=O)(=O)Cl)c1.N#Cc1ccc(Sc2cc(Cl)cc(Cl)c2)c([N+](=O)[O-])c1. The minimum absolute atomic E-state index is 0.0407. The number of benzene rings is 7. The highest BCUT2D eigenvalue weighted by atomic mass is 35.7. The molecule has 358 valence electrons. The zero-order valence-corrected chi connectivity index (χ0v) is 44.3. The normalized spacial score (nSPS) is 10.2. The molecule has 71 heavy (non-hydrogen) atoms. The van der Waals surface area contributed by atoms with Gasteiger partial charge in [-0.3, -0.25) is 20.2 Å². The van der Waals surface area contributed by atoms with Crippen LogP contribution in [0.4, 0.5) is 17.1 Å². The van der Waals surface area contributed by atoms with Crippen LogP contribution in [-0.4, -0.2) is 18.3 Å². The highest BCUT2D eigenvalue weighted by molar-refractivity contribution is 8.14. The second-order valence-corrected chi connectivity index (χ2v) is 22.2. The van der Waals surface area contributed by atoms with Gasteiger partial charge in [-0.15, -0.1) is 0 Å². The summed E-state index contributed by atoms with van der Waals surface area (Å²) >= 11 is 44.7. The van der Waals surface area contributed by atoms with Crippen LogP contribution in [0, 0.1) is 65.6 Å². The van der Waals surface area contributed by atoms with Crippen molar-refractivity contribution in [3.63, 3.8) is 0 Å². The van der Waals surface area contributed by atoms with E-state index >= 15 is 0 Å². The molecule has 25 heteroatoms. The molecule has 7 rings (SSSR count). The summed E-state index contributed by atoms with van der Waals surface area (Å²) in [6.07, 6.45) is 0. The van der Waals surface area contributed by atoms with Crippen molar-refractivity contribution < 1.29 is 18.3 Å². The smallest absolute Gasteiger partial charge is 0.289 e. The molecule has 0 aromatic heterocycles. The predicted molar refractivity (Wildman–Crippen MR) is 282 cm³/mol. The van der Waals surface area contributed by atoms with Gasteiger partial charge in [0.15, 0.2) is 0 Å². The van der Waals surface area contributed by atoms with Gasteiger partial charge in [0.05, 0.1) is 66.2 Å². The Bertz CT molecular complexity index is 3420. The summed E-state index contributed by atoms with van der Waals surface area (Å²) in [5, 5.41) is 59.2. The van der Waals surface area contributed by atoms with Crippen LogP contribution >= 0.6 is 127 Å². The quantitative estimate of drug-likeness (QED) is 0.0612. The maximum atomic E-state index is 11.6. The third-order valence-corrected chi connectivity index (χ3v) is 14.5. The van der Waals surface area contributed by atoms with E-state index in [-0.39, 0.29) is 38.0 Å². The van der Waals surface area contributed by atoms with Crippen LogP contribution in [0.5, 0.6) is 0 Å². The molecule has 0 aliphatic carbocycles. The zero-order valence-electron chi connectivity index (χ0n) is 35.0. The maximum Gasteiger partial charge on any atom is 0.289 e. The first kappa shape index (κ1) is 58.0. The molecule has 0 bridgehead atoms. The van der Waals surface area contributed by atoms with Crippen molar-refractivity contribution in [3.8, 4) is 24.3 Å². The fourth-order valence-electron chi connectivity index (χ4n) is 5.24. The van der Waals surface area contributed by atoms with Gasteiger partial charge in [0.25, 0.3) is 20.4 Å². The van der Waals surface area contributed by atoms with Gasteiger partial charge in [0.2, 0.25) is 0 Å². The third-order valence-electron chi connectivity index (χ3n) is 8.22. The highest BCUT2D eigenvalue weighted by Crippen LogP contribution is 2.39. The fourth-order valence-corrected chi connectivity index (χ4v) is 11.8. The second-order valence-electron chi connectivity index (χ2n) is 13.3. The Kier molecular flexibility index (Phi) is 22.3. The molecule has 13 nitrogen and oxygen atoms in total. The Balaban J connectivity index is 0.000000209. The summed E-state index contributed by atoms with van der Waals surface area (Å²) < 4.78 is 23.3. The molecule has 0 radical (unpaired) electrons. The Morgan fingerprint density at radius 1 is 0.451 bits per heavy atom. The molecule has 0 aliphatic rings. The molecule has 0 fully saturated rings. The van der Waals surface area contributed by atoms with E-state index in [1.165, 1.54) is 72.1 Å². The minimum atomic E-state index is -3.97. The molecule has 0 aliphatic heterocycles. The number of nitrogens with two attached hydrogens (primary N) is 1. The average Bonchev–Trinajstić information content (AvgIpc) is 3.29. The van der Waals surface area contributed by atoms with Gasteiger partial charge >= 0.3 is 0 Å². The van der Waals surface area contributed by atoms with Crippen LogP contribution in [0.25, 0.3) is 0 Å². The van der Waals surface area contributed by atoms with Crippen molar-refractivity contribution in [1.82, 2.24) is 0 Å². The summed E-state index contributed by atoms with van der Waals surface area (Å²) in [6, 6.07) is 40.4. The van der Waals surface area contributed by atoms with Crippen LogP contribution in [0.2, 0.25) is 35.2 Å². The van der Waals surface area contributed by atoms with Crippen molar-refractivity contribution in [2.45, 2.75) is 34.3 Å². The van der Waals surface area contributed by atoms with Gasteiger partial charge in [-0.2, -0.15) is 21.0 Å². The summed E-state index contributed by atoms with van der Waals surface area (Å²) in [5.41, 5.74) is 7.31. The van der Waals surface area contributed by atoms with Crippen LogP contribution in [0.15, 0.2) is 162 Å². The van der Waals surface area contributed by atoms with Gasteiger partial charge < -0.3 is 5.73 Å². The van der Waals surface area contributed by atoms with E-state index in [2.05, 4.69) is 0 Å². The summed E-state index contributed by atoms with van der Waals surface area (Å²) in [7, 11) is 1.45. The minimum Gasteiger partial charge on any atom is -0.398 e. The highest BCUT2D eigenvalue weighted by Gasteiger charge is 2.19. The Morgan fingerprint density at radius 2 is 0.775 bits per heavy atom. The lowest BCUT2D eigenvalue weighted by Crippen LogP contribution is -1.95. The Labute approximate surface area is 457 Å². The number of anilines is 1. The largest absolute Gasteiger partial charge is 0.398 e. The number of nitriles is 4. The molecule has 0 spiro atoms. The predicted octanol–water partition coefficient (Wildman–Crippen LogP) is 16.6. The lowest BCUT2D eigenvalue weighted by Gasteiger charge is -2.08. The molecular formula is C46H23Cl8N7O6S4. The lowest BCUT2D eigenvalue weighted by molar-refractivity contribution is -0.387. The van der Waals surface area contributed by atoms with Crippen LogP contribution in [0.3, 0.4) is 0 Å². The molecule has 0 saturated carbocycles. The molecule has 0 heterocycles. The van der Waals surface area contributed by atoms with Gasteiger partial charge in [0.1, 0.15) is 5.02 Å². The van der Waals surface area contributed by atoms with E-state index in [4.69, 9.17) is 119 Å². The molecule has 0 atom stereocenters. The van der Waals surface area contributed by atoms with E-state index in [0.29, 0.717) is 61.0 Å². The molecule has 2 N–H and O–H groups in total. The van der Waals surface area contributed by atoms with Crippen LogP contribution in [0.1, 0.15) is 22.3 Å². The number of hydrogen-bond donors (Lipinski definition) is 1. The van der Waals surface area contributed by atoms with E-state index in [1.54, 1.807) is 60.7 Å². The number of rotatable bonds is 9. The van der Waals surface area contributed by atoms with Crippen molar-refractivity contribution >= 4 is 153 Å². The number of hydrogen-bond acceptors (Lipinski definition) is 14. The first-order valence-electron chi connectivity index (χ1n) is 18.7. The van der Waals surface area contributed by atoms with E-state index < -0.39 is 18.9 Å². The summed E-state index contributed by atoms with van der Waals surface area (Å²) in [6.45, 7) is 0. The van der Waals surface area contributed by atoms with E-state index in [0.717, 1.165) is 27.6 Å². The molecule has 7 aromatic carbocycles. The van der Waals surface area contributed by atoms with Gasteiger partial charge in [-0.05, 0) is 115 Å². The first-order chi connectivity index (χ1) is 33.5. The maximum absolute atomic E-state index is 11.6. The van der Waals surface area contributed by atoms with Crippen molar-refractivity contribution in [3.05, 3.63) is 205 Å². The van der Waals surface area contributed by atoms with Crippen molar-refractivity contribution in [2.24, 2.45) is 0 Å². The average molecular weight is 1180 g/mol. The summed E-state index contributed by atoms with van der Waals surface area (Å²) in [4.78, 5) is 24.0. The molecule has 0 amide bonds. The Morgan fingerprint density at radius 3 is 1.15 bits per heavy atom. The fraction of sp³-hybridized carbons (Fsp3) is 0. The number of nitrogens with zero attached hydrogens (tertiary/aromatic N) is 6. The zero-order chi connectivity index (χ0) is 52.6. The van der Waals surface area contributed by atoms with Crippen molar-refractivity contribution in [2.75, 3.05) is 5.73 Å². The van der Waals surface area contributed by atoms with Crippen LogP contribution in [-0.2, 0) is 9.05 Å². The van der Waals surface area contributed by atoms with E-state index in [9.17, 15) is 28.6 Å². The third kappa shape index (κ3) is 18.5. The van der Waals surface area contributed by atoms with Gasteiger partial charge in [-0.1, -0.05) is 116 Å². The first-order valence-corrected chi connectivity index (χ1v) is 26.2. The van der Waals surface area contributed by atoms with E-state index in [1.807, 2.05) is 36.4 Å². The standard InChI is InChI=1S/C13H6Cl3NO2S2.C13H6Cl2N2O2S.C13H8Cl2N2S.C7H3ClN2O2/c14-9-4-10(15)6-11(5-9)20-12-2-1-8(7-17)3-13(12)21(16,18)19;14-9-4-10(15)6-11(5-9)20-13-2-1-8(7-16)3-12(13)17(18)19;14-9-4-10(15)6-11(5-9)18-13-2-1-8(7-16)3-12(13)17;8-6-2-1-5(4-9)3-7(6)10(11)12/h1-6H;1-6H;1-6H,17H2;1-3H. The lowest BCUT2D eigenvalue weighted by atomic mass is 10.2. The van der Waals surface area contributed by atoms with Crippen LogP contribution < -0.4 is 5.73 Å². The molecular weight excluding hydrogens is 1160 g/mol. The molecule has 7 aromatic rings. The molecule has 0 unspecified atom stereocenters. The number of nitro benzene ring substituents is 2. The second kappa shape index (κ2) is 27.3. The van der Waals surface area contributed by atoms with Gasteiger partial charge in [0, 0.05) is 83.1 Å². The Hall–Kier alpha value is -5.58.